The van der Waals surface area contributed by atoms with Crippen LogP contribution in [0.3, 0.4) is 0 Å². The predicted octanol–water partition coefficient (Wildman–Crippen LogP) is 13.3. The molecule has 0 amide bonds. The van der Waals surface area contributed by atoms with E-state index in [0.29, 0.717) is 0 Å². The van der Waals surface area contributed by atoms with E-state index in [-0.39, 0.29) is 12.3 Å². The van der Waals surface area contributed by atoms with Crippen molar-refractivity contribution in [2.24, 2.45) is 4.99 Å². The SMILES string of the molecule is C1=CC(C2=NC(c3cccc4oc5cccc(-c6cccc7c6sc6ccc(-n8c9ccccc9c9ccccc98)cc67)c5c34)NC(c3ccccc3)N2)=CCC1. The van der Waals surface area contributed by atoms with E-state index in [2.05, 4.69) is 185 Å². The molecule has 12 rings (SSSR count). The lowest BCUT2D eigenvalue weighted by atomic mass is 9.95. The van der Waals surface area contributed by atoms with E-state index in [0.717, 1.165) is 62.9 Å². The van der Waals surface area contributed by atoms with Gasteiger partial charge in [0.15, 0.2) is 0 Å². The molecule has 0 saturated heterocycles. The second-order valence-electron chi connectivity index (χ2n) is 15.0. The molecule has 2 N–H and O–H groups in total. The zero-order chi connectivity index (χ0) is 37.5. The van der Waals surface area contributed by atoms with Gasteiger partial charge in [-0.2, -0.15) is 0 Å². The molecule has 1 aliphatic carbocycles. The normalized spacial score (nSPS) is 17.2. The Hall–Kier alpha value is -6.73. The monoisotopic (exact) mass is 752 g/mol. The van der Waals surface area contributed by atoms with Crippen molar-refractivity contribution in [3.63, 3.8) is 0 Å². The Morgan fingerprint density at radius 1 is 0.632 bits per heavy atom. The third-order valence-corrected chi connectivity index (χ3v) is 12.9. The number of aromatic nitrogens is 1. The fourth-order valence-electron chi connectivity index (χ4n) is 9.16. The number of nitrogens with one attached hydrogen (secondary N) is 2. The average molecular weight is 753 g/mol. The summed E-state index contributed by atoms with van der Waals surface area (Å²) in [4.78, 5) is 5.37. The maximum Gasteiger partial charge on any atom is 0.136 e. The lowest BCUT2D eigenvalue weighted by molar-refractivity contribution is 0.410. The van der Waals surface area contributed by atoms with E-state index in [1.165, 1.54) is 53.2 Å². The Morgan fingerprint density at radius 3 is 2.16 bits per heavy atom. The molecule has 0 radical (unpaired) electrons. The fourth-order valence-corrected chi connectivity index (χ4v) is 10.4. The van der Waals surface area contributed by atoms with Gasteiger partial charge in [-0.25, -0.2) is 4.99 Å². The molecular weight excluding hydrogens is 717 g/mol. The first-order valence-corrected chi connectivity index (χ1v) is 20.5. The molecular formula is C51H36N4OS. The summed E-state index contributed by atoms with van der Waals surface area (Å²) in [6.45, 7) is 0. The van der Waals surface area contributed by atoms with Crippen LogP contribution in [0.5, 0.6) is 0 Å². The van der Waals surface area contributed by atoms with Crippen LogP contribution in [0, 0.1) is 0 Å². The summed E-state index contributed by atoms with van der Waals surface area (Å²) in [7, 11) is 0. The van der Waals surface area contributed by atoms with Gasteiger partial charge in [0.1, 0.15) is 29.3 Å². The van der Waals surface area contributed by atoms with Crippen molar-refractivity contribution in [3.8, 4) is 16.8 Å². The van der Waals surface area contributed by atoms with Gasteiger partial charge < -0.3 is 14.3 Å². The highest BCUT2D eigenvalue weighted by molar-refractivity contribution is 7.26. The van der Waals surface area contributed by atoms with Crippen molar-refractivity contribution in [2.75, 3.05) is 0 Å². The number of furan rings is 1. The van der Waals surface area contributed by atoms with Crippen molar-refractivity contribution in [1.82, 2.24) is 15.2 Å². The Balaban J connectivity index is 1.04. The molecule has 1 aliphatic heterocycles. The Morgan fingerprint density at radius 2 is 1.35 bits per heavy atom. The number of allylic oxidation sites excluding steroid dienone is 2. The number of amidine groups is 1. The molecule has 5 nitrogen and oxygen atoms in total. The lowest BCUT2D eigenvalue weighted by Crippen LogP contribution is -2.45. The van der Waals surface area contributed by atoms with Gasteiger partial charge in [0.05, 0.1) is 11.0 Å². The molecule has 0 bridgehead atoms. The summed E-state index contributed by atoms with van der Waals surface area (Å²) in [6, 6.07) is 54.6. The topological polar surface area (TPSA) is 54.5 Å². The Labute approximate surface area is 332 Å². The van der Waals surface area contributed by atoms with Crippen LogP contribution in [-0.2, 0) is 0 Å². The van der Waals surface area contributed by atoms with E-state index < -0.39 is 0 Å². The van der Waals surface area contributed by atoms with Crippen molar-refractivity contribution < 1.29 is 4.42 Å². The summed E-state index contributed by atoms with van der Waals surface area (Å²) in [5, 5.41) is 14.8. The number of hydrogen-bond acceptors (Lipinski definition) is 5. The third kappa shape index (κ3) is 5.15. The number of thiophene rings is 1. The number of aliphatic imine (C=N–C) groups is 1. The summed E-state index contributed by atoms with van der Waals surface area (Å²) >= 11 is 1.86. The predicted molar refractivity (Wildman–Crippen MR) is 238 cm³/mol. The molecule has 272 valence electrons. The van der Waals surface area contributed by atoms with Crippen molar-refractivity contribution in [2.45, 2.75) is 25.2 Å². The Bertz CT molecular complexity index is 3270. The first-order valence-electron chi connectivity index (χ1n) is 19.7. The second kappa shape index (κ2) is 12.9. The van der Waals surface area contributed by atoms with Crippen LogP contribution in [0.15, 0.2) is 185 Å². The number of rotatable bonds is 5. The first-order chi connectivity index (χ1) is 28.3. The van der Waals surface area contributed by atoms with Crippen LogP contribution in [0.1, 0.15) is 36.3 Å². The first kappa shape index (κ1) is 32.5. The quantitative estimate of drug-likeness (QED) is 0.184. The van der Waals surface area contributed by atoms with Gasteiger partial charge in [0, 0.05) is 64.1 Å². The fraction of sp³-hybridized carbons (Fsp3) is 0.0784. The summed E-state index contributed by atoms with van der Waals surface area (Å²) < 4.78 is 11.6. The van der Waals surface area contributed by atoms with Crippen LogP contribution in [0.2, 0.25) is 0 Å². The minimum atomic E-state index is -0.306. The minimum absolute atomic E-state index is 0.118. The van der Waals surface area contributed by atoms with Crippen LogP contribution in [0.25, 0.3) is 80.7 Å². The van der Waals surface area contributed by atoms with Gasteiger partial charge in [-0.05, 0) is 66.4 Å². The minimum Gasteiger partial charge on any atom is -0.456 e. The maximum absolute atomic E-state index is 6.69. The second-order valence-corrected chi connectivity index (χ2v) is 16.1. The summed E-state index contributed by atoms with van der Waals surface area (Å²) in [6.07, 6.45) is 8.37. The lowest BCUT2D eigenvalue weighted by Gasteiger charge is -2.33. The number of para-hydroxylation sites is 2. The Kier molecular flexibility index (Phi) is 7.37. The largest absolute Gasteiger partial charge is 0.456 e. The highest BCUT2D eigenvalue weighted by Gasteiger charge is 2.29. The highest BCUT2D eigenvalue weighted by Crippen LogP contribution is 2.46. The number of nitrogens with zero attached hydrogens (tertiary/aromatic N) is 2. The molecule has 7 aromatic carbocycles. The van der Waals surface area contributed by atoms with Gasteiger partial charge in [-0.15, -0.1) is 11.3 Å². The smallest absolute Gasteiger partial charge is 0.136 e. The highest BCUT2D eigenvalue weighted by atomic mass is 32.1. The molecule has 4 heterocycles. The maximum atomic E-state index is 6.69. The van der Waals surface area contributed by atoms with Crippen molar-refractivity contribution in [3.05, 3.63) is 187 Å². The van der Waals surface area contributed by atoms with Crippen molar-refractivity contribution in [1.29, 1.82) is 0 Å². The molecule has 0 spiro atoms. The van der Waals surface area contributed by atoms with Gasteiger partial charge in [0.2, 0.25) is 0 Å². The molecule has 0 saturated carbocycles. The summed E-state index contributed by atoms with van der Waals surface area (Å²) in [5.74, 6) is 0.906. The van der Waals surface area contributed by atoms with Gasteiger partial charge in [0.25, 0.3) is 0 Å². The summed E-state index contributed by atoms with van der Waals surface area (Å²) in [5.41, 5.74) is 11.1. The van der Waals surface area contributed by atoms with Crippen LogP contribution >= 0.6 is 11.3 Å². The zero-order valence-electron chi connectivity index (χ0n) is 30.9. The van der Waals surface area contributed by atoms with Gasteiger partial charge in [-0.1, -0.05) is 127 Å². The molecule has 0 fully saturated rings. The molecule has 2 unspecified atom stereocenters. The number of fused-ring (bicyclic) bond motifs is 9. The number of hydrogen-bond donors (Lipinski definition) is 2. The third-order valence-electron chi connectivity index (χ3n) is 11.7. The van der Waals surface area contributed by atoms with Gasteiger partial charge in [-0.3, -0.25) is 5.32 Å². The van der Waals surface area contributed by atoms with E-state index in [1.54, 1.807) is 0 Å². The molecule has 2 aliphatic rings. The molecule has 2 atom stereocenters. The molecule has 6 heteroatoms. The molecule has 10 aromatic rings. The van der Waals surface area contributed by atoms with E-state index in [1.807, 2.05) is 11.3 Å². The standard InChI is InChI=1S/C51H36N4OS/c1-3-14-31(15-4-1)49-52-50(32-16-5-2-6-17-32)54-51(53-49)39-23-13-27-44-47(39)46-36(20-12-26-43(46)56-44)37-21-11-22-38-40-30-33(28-29-45(40)57-48(37)38)55-41-24-9-7-18-34(41)35-19-8-10-25-42(35)55/h1,3-5,7-30,49,51,53H,2,6H2,(H,52,54). The molecule has 57 heavy (non-hydrogen) atoms. The molecule has 3 aromatic heterocycles. The van der Waals surface area contributed by atoms with Crippen LogP contribution < -0.4 is 10.6 Å². The zero-order valence-corrected chi connectivity index (χ0v) is 31.8. The van der Waals surface area contributed by atoms with Crippen molar-refractivity contribution >= 4 is 81.1 Å². The van der Waals surface area contributed by atoms with Crippen LogP contribution in [0.4, 0.5) is 0 Å². The van der Waals surface area contributed by atoms with E-state index in [9.17, 15) is 0 Å². The van der Waals surface area contributed by atoms with E-state index >= 15 is 0 Å². The average Bonchev–Trinajstić information content (AvgIpc) is 3.96. The van der Waals surface area contributed by atoms with E-state index in [4.69, 9.17) is 9.41 Å². The van der Waals surface area contributed by atoms with Crippen LogP contribution in [-0.4, -0.2) is 10.4 Å². The number of benzene rings is 7. The van der Waals surface area contributed by atoms with Gasteiger partial charge >= 0.3 is 0 Å².